The lowest BCUT2D eigenvalue weighted by Gasteiger charge is -2.07. The van der Waals surface area contributed by atoms with Crippen LogP contribution in [0.1, 0.15) is 11.1 Å². The van der Waals surface area contributed by atoms with Crippen molar-refractivity contribution in [3.8, 4) is 5.75 Å². The Morgan fingerprint density at radius 3 is 2.77 bits per heavy atom. The second-order valence-corrected chi connectivity index (χ2v) is 5.75. The molecule has 6 heteroatoms. The molecule has 0 spiro atoms. The standard InChI is InChI=1S/C16H16BrN3OS/c1-21-15-8-7-14(17)9-13(15)11-19-20-16(22)18-10-12-5-3-2-4-6-12/h2-9,11H,10H2,1H3,(H2,18,20,22)/b19-11-. The van der Waals surface area contributed by atoms with Crippen molar-refractivity contribution in [3.63, 3.8) is 0 Å². The minimum absolute atomic E-state index is 0.467. The van der Waals surface area contributed by atoms with Crippen molar-refractivity contribution in [1.29, 1.82) is 0 Å². The fourth-order valence-electron chi connectivity index (χ4n) is 1.78. The number of nitrogens with zero attached hydrogens (tertiary/aromatic N) is 1. The Labute approximate surface area is 143 Å². The molecule has 0 atom stereocenters. The van der Waals surface area contributed by atoms with E-state index in [1.54, 1.807) is 13.3 Å². The zero-order valence-electron chi connectivity index (χ0n) is 12.0. The number of benzene rings is 2. The molecule has 0 saturated carbocycles. The van der Waals surface area contributed by atoms with E-state index < -0.39 is 0 Å². The van der Waals surface area contributed by atoms with Gasteiger partial charge in [0, 0.05) is 16.6 Å². The smallest absolute Gasteiger partial charge is 0.187 e. The highest BCUT2D eigenvalue weighted by atomic mass is 79.9. The van der Waals surface area contributed by atoms with Crippen molar-refractivity contribution in [2.75, 3.05) is 7.11 Å². The number of methoxy groups -OCH3 is 1. The third-order valence-electron chi connectivity index (χ3n) is 2.86. The number of thiocarbonyl (C=S) groups is 1. The van der Waals surface area contributed by atoms with Crippen LogP contribution in [0.4, 0.5) is 0 Å². The van der Waals surface area contributed by atoms with Crippen molar-refractivity contribution in [3.05, 3.63) is 64.1 Å². The van der Waals surface area contributed by atoms with Crippen LogP contribution in [0.15, 0.2) is 58.1 Å². The molecule has 0 aliphatic carbocycles. The summed E-state index contributed by atoms with van der Waals surface area (Å²) >= 11 is 8.60. The van der Waals surface area contributed by atoms with E-state index in [4.69, 9.17) is 17.0 Å². The van der Waals surface area contributed by atoms with Gasteiger partial charge < -0.3 is 10.1 Å². The van der Waals surface area contributed by atoms with E-state index in [9.17, 15) is 0 Å². The lowest BCUT2D eigenvalue weighted by Crippen LogP contribution is -2.31. The van der Waals surface area contributed by atoms with Gasteiger partial charge in [0.25, 0.3) is 0 Å². The van der Waals surface area contributed by atoms with Gasteiger partial charge in [0.2, 0.25) is 0 Å². The molecule has 2 rings (SSSR count). The lowest BCUT2D eigenvalue weighted by atomic mass is 10.2. The highest BCUT2D eigenvalue weighted by Crippen LogP contribution is 2.21. The van der Waals surface area contributed by atoms with E-state index >= 15 is 0 Å². The molecule has 0 unspecified atom stereocenters. The van der Waals surface area contributed by atoms with Crippen LogP contribution >= 0.6 is 28.1 Å². The summed E-state index contributed by atoms with van der Waals surface area (Å²) in [5.74, 6) is 0.747. The maximum Gasteiger partial charge on any atom is 0.187 e. The molecule has 0 aliphatic rings. The molecule has 0 heterocycles. The summed E-state index contributed by atoms with van der Waals surface area (Å²) in [6, 6.07) is 15.7. The average molecular weight is 378 g/mol. The summed E-state index contributed by atoms with van der Waals surface area (Å²) in [5.41, 5.74) is 4.80. The maximum absolute atomic E-state index is 5.27. The SMILES string of the molecule is COc1ccc(Br)cc1/C=N\NC(=S)NCc1ccccc1. The van der Waals surface area contributed by atoms with Crippen molar-refractivity contribution in [1.82, 2.24) is 10.7 Å². The number of rotatable bonds is 5. The third-order valence-corrected chi connectivity index (χ3v) is 3.59. The second kappa shape index (κ2) is 8.51. The Balaban J connectivity index is 1.87. The van der Waals surface area contributed by atoms with Crippen molar-refractivity contribution >= 4 is 39.5 Å². The largest absolute Gasteiger partial charge is 0.496 e. The molecule has 2 aromatic carbocycles. The van der Waals surface area contributed by atoms with Crippen molar-refractivity contribution in [2.45, 2.75) is 6.54 Å². The van der Waals surface area contributed by atoms with Crippen LogP contribution in [0.5, 0.6) is 5.75 Å². The number of halogens is 1. The quantitative estimate of drug-likeness (QED) is 0.475. The number of hydrogen-bond donors (Lipinski definition) is 2. The topological polar surface area (TPSA) is 45.6 Å². The highest BCUT2D eigenvalue weighted by molar-refractivity contribution is 9.10. The first kappa shape index (κ1) is 16.5. The van der Waals surface area contributed by atoms with Gasteiger partial charge in [-0.25, -0.2) is 0 Å². The number of hydrogen-bond acceptors (Lipinski definition) is 3. The van der Waals surface area contributed by atoms with Gasteiger partial charge in [0.1, 0.15) is 5.75 Å². The molecule has 22 heavy (non-hydrogen) atoms. The first-order valence-corrected chi connectivity index (χ1v) is 7.83. The predicted molar refractivity (Wildman–Crippen MR) is 97.3 cm³/mol. The summed E-state index contributed by atoms with van der Waals surface area (Å²) in [6.45, 7) is 0.655. The molecule has 4 nitrogen and oxygen atoms in total. The minimum atomic E-state index is 0.467. The van der Waals surface area contributed by atoms with Gasteiger partial charge in [-0.1, -0.05) is 46.3 Å². The summed E-state index contributed by atoms with van der Waals surface area (Å²) in [7, 11) is 1.63. The van der Waals surface area contributed by atoms with E-state index in [0.29, 0.717) is 11.7 Å². The Bertz CT molecular complexity index is 662. The molecule has 2 N–H and O–H groups in total. The summed E-state index contributed by atoms with van der Waals surface area (Å²) in [4.78, 5) is 0. The van der Waals surface area contributed by atoms with Gasteiger partial charge in [-0.2, -0.15) is 5.10 Å². The molecular weight excluding hydrogens is 362 g/mol. The normalized spacial score (nSPS) is 10.5. The molecule has 2 aromatic rings. The van der Waals surface area contributed by atoms with Crippen LogP contribution in [-0.2, 0) is 6.54 Å². The fourth-order valence-corrected chi connectivity index (χ4v) is 2.29. The average Bonchev–Trinajstić information content (AvgIpc) is 2.54. The molecular formula is C16H16BrN3OS. The molecule has 114 valence electrons. The van der Waals surface area contributed by atoms with Crippen LogP contribution < -0.4 is 15.5 Å². The van der Waals surface area contributed by atoms with E-state index in [2.05, 4.69) is 31.8 Å². The first-order valence-electron chi connectivity index (χ1n) is 6.63. The monoisotopic (exact) mass is 377 g/mol. The first-order chi connectivity index (χ1) is 10.7. The van der Waals surface area contributed by atoms with Crippen LogP contribution in [0, 0.1) is 0 Å². The van der Waals surface area contributed by atoms with E-state index in [0.717, 1.165) is 21.3 Å². The Morgan fingerprint density at radius 1 is 1.27 bits per heavy atom. The molecule has 0 aliphatic heterocycles. The Kier molecular flexibility index (Phi) is 6.36. The summed E-state index contributed by atoms with van der Waals surface area (Å²) in [6.07, 6.45) is 1.67. The predicted octanol–water partition coefficient (Wildman–Crippen LogP) is 3.46. The van der Waals surface area contributed by atoms with E-state index in [1.165, 1.54) is 0 Å². The Morgan fingerprint density at radius 2 is 2.05 bits per heavy atom. The van der Waals surface area contributed by atoms with Gasteiger partial charge >= 0.3 is 0 Å². The van der Waals surface area contributed by atoms with E-state index in [1.807, 2.05) is 48.5 Å². The zero-order chi connectivity index (χ0) is 15.8. The number of hydrazone groups is 1. The van der Waals surface area contributed by atoms with Crippen LogP contribution in [0.3, 0.4) is 0 Å². The second-order valence-electron chi connectivity index (χ2n) is 4.42. The van der Waals surface area contributed by atoms with Crippen molar-refractivity contribution < 1.29 is 4.74 Å². The molecule has 0 aromatic heterocycles. The number of ether oxygens (including phenoxy) is 1. The van der Waals surface area contributed by atoms with Gasteiger partial charge in [0.05, 0.1) is 13.3 Å². The van der Waals surface area contributed by atoms with Gasteiger partial charge in [-0.3, -0.25) is 5.43 Å². The Hall–Kier alpha value is -1.92. The fraction of sp³-hybridized carbons (Fsp3) is 0.125. The number of nitrogens with one attached hydrogen (secondary N) is 2. The highest BCUT2D eigenvalue weighted by Gasteiger charge is 2.01. The van der Waals surface area contributed by atoms with Gasteiger partial charge in [0.15, 0.2) is 5.11 Å². The third kappa shape index (κ3) is 5.13. The lowest BCUT2D eigenvalue weighted by molar-refractivity contribution is 0.414. The summed E-state index contributed by atoms with van der Waals surface area (Å²) < 4.78 is 6.23. The van der Waals surface area contributed by atoms with Gasteiger partial charge in [-0.05, 0) is 36.0 Å². The molecule has 0 saturated heterocycles. The molecule has 0 fully saturated rings. The summed E-state index contributed by atoms with van der Waals surface area (Å²) in [5, 5.41) is 7.68. The molecule has 0 amide bonds. The van der Waals surface area contributed by atoms with Crippen LogP contribution in [0.2, 0.25) is 0 Å². The van der Waals surface area contributed by atoms with Crippen LogP contribution in [0.25, 0.3) is 0 Å². The van der Waals surface area contributed by atoms with Crippen LogP contribution in [-0.4, -0.2) is 18.4 Å². The van der Waals surface area contributed by atoms with Crippen molar-refractivity contribution in [2.24, 2.45) is 5.10 Å². The molecule has 0 radical (unpaired) electrons. The zero-order valence-corrected chi connectivity index (χ0v) is 14.4. The molecule has 0 bridgehead atoms. The maximum atomic E-state index is 5.27. The van der Waals surface area contributed by atoms with Gasteiger partial charge in [-0.15, -0.1) is 0 Å². The van der Waals surface area contributed by atoms with E-state index in [-0.39, 0.29) is 0 Å². The minimum Gasteiger partial charge on any atom is -0.496 e.